The number of nitrogens with zero attached hydrogens (tertiary/aromatic N) is 2. The Hall–Kier alpha value is -0.210. The topological polar surface area (TPSA) is 78.7 Å². The van der Waals surface area contributed by atoms with Crippen LogP contribution in [0.1, 0.15) is 25.7 Å². The molecule has 0 aromatic carbocycles. The zero-order valence-electron chi connectivity index (χ0n) is 11.7. The first-order chi connectivity index (χ1) is 9.03. The Bertz CT molecular complexity index is 379. The molecule has 2 saturated heterocycles. The van der Waals surface area contributed by atoms with E-state index >= 15 is 0 Å². The molecule has 0 aromatic heterocycles. The second-order valence-electron chi connectivity index (χ2n) is 5.71. The van der Waals surface area contributed by atoms with Crippen LogP contribution in [0.25, 0.3) is 0 Å². The fourth-order valence-corrected chi connectivity index (χ4v) is 4.19. The van der Waals surface area contributed by atoms with Crippen LogP contribution in [0.3, 0.4) is 0 Å². The van der Waals surface area contributed by atoms with E-state index < -0.39 is 10.2 Å². The van der Waals surface area contributed by atoms with Crippen LogP contribution in [-0.4, -0.2) is 63.4 Å². The molecular formula is C12H26N4O2S. The van der Waals surface area contributed by atoms with Crippen LogP contribution in [-0.2, 0) is 10.2 Å². The molecular weight excluding hydrogens is 264 g/mol. The average molecular weight is 290 g/mol. The molecule has 2 rings (SSSR count). The van der Waals surface area contributed by atoms with Gasteiger partial charge in [0, 0.05) is 25.7 Å². The Balaban J connectivity index is 1.81. The van der Waals surface area contributed by atoms with Gasteiger partial charge in [-0.25, -0.2) is 4.72 Å². The van der Waals surface area contributed by atoms with E-state index in [2.05, 4.69) is 16.7 Å². The van der Waals surface area contributed by atoms with Gasteiger partial charge in [-0.05, 0) is 51.7 Å². The molecule has 2 aliphatic rings. The Morgan fingerprint density at radius 2 is 1.89 bits per heavy atom. The van der Waals surface area contributed by atoms with E-state index in [1.54, 1.807) is 4.31 Å². The highest BCUT2D eigenvalue weighted by atomic mass is 32.2. The molecule has 0 radical (unpaired) electrons. The highest BCUT2D eigenvalue weighted by Crippen LogP contribution is 2.18. The standard InChI is InChI=1S/C12H26N4O2S/c1-15-6-2-3-12(15)10-14-19(17,18)16-7-4-11(9-13)5-8-16/h11-12,14H,2-10,13H2,1H3. The van der Waals surface area contributed by atoms with Gasteiger partial charge in [-0.1, -0.05) is 0 Å². The lowest BCUT2D eigenvalue weighted by molar-refractivity contribution is 0.271. The second kappa shape index (κ2) is 6.49. The van der Waals surface area contributed by atoms with E-state index in [9.17, 15) is 8.42 Å². The number of likely N-dealkylation sites (N-methyl/N-ethyl adjacent to an activating group) is 1. The number of nitrogens with one attached hydrogen (secondary N) is 1. The molecule has 0 saturated carbocycles. The van der Waals surface area contributed by atoms with E-state index in [1.807, 2.05) is 0 Å². The van der Waals surface area contributed by atoms with Crippen molar-refractivity contribution in [3.63, 3.8) is 0 Å². The summed E-state index contributed by atoms with van der Waals surface area (Å²) in [6.07, 6.45) is 3.99. The van der Waals surface area contributed by atoms with Gasteiger partial charge in [-0.3, -0.25) is 0 Å². The Morgan fingerprint density at radius 1 is 1.21 bits per heavy atom. The van der Waals surface area contributed by atoms with Crippen molar-refractivity contribution < 1.29 is 8.42 Å². The monoisotopic (exact) mass is 290 g/mol. The molecule has 112 valence electrons. The van der Waals surface area contributed by atoms with Crippen LogP contribution in [0.4, 0.5) is 0 Å². The molecule has 1 atom stereocenters. The van der Waals surface area contributed by atoms with Gasteiger partial charge in [0.1, 0.15) is 0 Å². The first-order valence-electron chi connectivity index (χ1n) is 7.18. The molecule has 7 heteroatoms. The SMILES string of the molecule is CN1CCCC1CNS(=O)(=O)N1CCC(CN)CC1. The van der Waals surface area contributed by atoms with Gasteiger partial charge < -0.3 is 10.6 Å². The predicted octanol–water partition coefficient (Wildman–Crippen LogP) is -0.414. The number of nitrogens with two attached hydrogens (primary N) is 1. The molecule has 2 heterocycles. The number of hydrogen-bond acceptors (Lipinski definition) is 4. The first kappa shape index (κ1) is 15.2. The third-order valence-electron chi connectivity index (χ3n) is 4.42. The third kappa shape index (κ3) is 3.88. The lowest BCUT2D eigenvalue weighted by Gasteiger charge is -2.31. The fourth-order valence-electron chi connectivity index (χ4n) is 2.92. The fraction of sp³-hybridized carbons (Fsp3) is 1.00. The lowest BCUT2D eigenvalue weighted by Crippen LogP contribution is -2.48. The Kier molecular flexibility index (Phi) is 5.19. The molecule has 6 nitrogen and oxygen atoms in total. The van der Waals surface area contributed by atoms with Gasteiger partial charge in [-0.15, -0.1) is 0 Å². The molecule has 2 fully saturated rings. The molecule has 0 aromatic rings. The second-order valence-corrected chi connectivity index (χ2v) is 7.46. The van der Waals surface area contributed by atoms with E-state index in [1.165, 1.54) is 0 Å². The van der Waals surface area contributed by atoms with Crippen LogP contribution >= 0.6 is 0 Å². The first-order valence-corrected chi connectivity index (χ1v) is 8.62. The minimum atomic E-state index is -3.31. The maximum Gasteiger partial charge on any atom is 0.279 e. The van der Waals surface area contributed by atoms with Crippen molar-refractivity contribution in [1.29, 1.82) is 0 Å². The van der Waals surface area contributed by atoms with E-state index in [-0.39, 0.29) is 0 Å². The summed E-state index contributed by atoms with van der Waals surface area (Å²) >= 11 is 0. The predicted molar refractivity (Wildman–Crippen MR) is 75.9 cm³/mol. The van der Waals surface area contributed by atoms with Crippen molar-refractivity contribution in [2.45, 2.75) is 31.7 Å². The van der Waals surface area contributed by atoms with Crippen molar-refractivity contribution in [1.82, 2.24) is 13.9 Å². The van der Waals surface area contributed by atoms with Crippen LogP contribution in [0.2, 0.25) is 0 Å². The van der Waals surface area contributed by atoms with Crippen molar-refractivity contribution in [2.75, 3.05) is 39.8 Å². The summed E-state index contributed by atoms with van der Waals surface area (Å²) in [5.74, 6) is 0.479. The maximum absolute atomic E-state index is 12.2. The van der Waals surface area contributed by atoms with Crippen LogP contribution in [0.5, 0.6) is 0 Å². The Morgan fingerprint density at radius 3 is 2.42 bits per heavy atom. The summed E-state index contributed by atoms with van der Waals surface area (Å²) in [7, 11) is -1.26. The maximum atomic E-state index is 12.2. The normalized spacial score (nSPS) is 28.0. The summed E-state index contributed by atoms with van der Waals surface area (Å²) in [5.41, 5.74) is 5.63. The smallest absolute Gasteiger partial charge is 0.279 e. The largest absolute Gasteiger partial charge is 0.330 e. The lowest BCUT2D eigenvalue weighted by atomic mass is 9.99. The molecule has 0 spiro atoms. The highest BCUT2D eigenvalue weighted by Gasteiger charge is 2.29. The summed E-state index contributed by atoms with van der Waals surface area (Å²) < 4.78 is 28.7. The molecule has 3 N–H and O–H groups in total. The number of piperidine rings is 1. The molecule has 0 aliphatic carbocycles. The molecule has 0 bridgehead atoms. The summed E-state index contributed by atoms with van der Waals surface area (Å²) in [5, 5.41) is 0. The average Bonchev–Trinajstić information content (AvgIpc) is 2.82. The molecule has 2 aliphatic heterocycles. The highest BCUT2D eigenvalue weighted by molar-refractivity contribution is 7.87. The quantitative estimate of drug-likeness (QED) is 0.721. The summed E-state index contributed by atoms with van der Waals surface area (Å²) in [6.45, 7) is 3.44. The molecule has 0 amide bonds. The van der Waals surface area contributed by atoms with Crippen LogP contribution < -0.4 is 10.5 Å². The van der Waals surface area contributed by atoms with Crippen molar-refractivity contribution in [3.05, 3.63) is 0 Å². The Labute approximate surface area is 116 Å². The van der Waals surface area contributed by atoms with Crippen molar-refractivity contribution in [3.8, 4) is 0 Å². The van der Waals surface area contributed by atoms with E-state index in [4.69, 9.17) is 5.73 Å². The molecule has 1 unspecified atom stereocenters. The van der Waals surface area contributed by atoms with Gasteiger partial charge in [0.25, 0.3) is 10.2 Å². The van der Waals surface area contributed by atoms with Gasteiger partial charge in [0.05, 0.1) is 0 Å². The number of rotatable bonds is 5. The van der Waals surface area contributed by atoms with Crippen molar-refractivity contribution in [2.24, 2.45) is 11.7 Å². The van der Waals surface area contributed by atoms with Gasteiger partial charge in [0.15, 0.2) is 0 Å². The summed E-state index contributed by atoms with van der Waals surface area (Å²) in [6, 6.07) is 0.344. The number of hydrogen-bond donors (Lipinski definition) is 2. The summed E-state index contributed by atoms with van der Waals surface area (Å²) in [4.78, 5) is 2.23. The van der Waals surface area contributed by atoms with Crippen molar-refractivity contribution >= 4 is 10.2 Å². The zero-order chi connectivity index (χ0) is 13.9. The van der Waals surface area contributed by atoms with Crippen LogP contribution in [0.15, 0.2) is 0 Å². The van der Waals surface area contributed by atoms with Gasteiger partial charge in [-0.2, -0.15) is 12.7 Å². The van der Waals surface area contributed by atoms with Gasteiger partial charge >= 0.3 is 0 Å². The van der Waals surface area contributed by atoms with Gasteiger partial charge in [0.2, 0.25) is 0 Å². The number of likely N-dealkylation sites (tertiary alicyclic amines) is 1. The van der Waals surface area contributed by atoms with E-state index in [0.29, 0.717) is 38.1 Å². The van der Waals surface area contributed by atoms with Crippen LogP contribution in [0, 0.1) is 5.92 Å². The minimum Gasteiger partial charge on any atom is -0.330 e. The zero-order valence-corrected chi connectivity index (χ0v) is 12.5. The molecule has 19 heavy (non-hydrogen) atoms. The van der Waals surface area contributed by atoms with E-state index in [0.717, 1.165) is 32.2 Å². The third-order valence-corrected chi connectivity index (χ3v) is 6.00. The minimum absolute atomic E-state index is 0.344.